The highest BCUT2D eigenvalue weighted by atomic mass is 32.2. The van der Waals surface area contributed by atoms with E-state index in [0.717, 1.165) is 42.0 Å². The number of hydrogen-bond donors (Lipinski definition) is 1. The van der Waals surface area contributed by atoms with Crippen LogP contribution in [0.15, 0.2) is 77.7 Å². The first-order valence-electron chi connectivity index (χ1n) is 11.3. The van der Waals surface area contributed by atoms with Crippen molar-refractivity contribution in [1.82, 2.24) is 4.31 Å². The van der Waals surface area contributed by atoms with Crippen LogP contribution in [0.2, 0.25) is 0 Å². The normalized spacial score (nSPS) is 16.0. The molecule has 4 rings (SSSR count). The smallest absolute Gasteiger partial charge is 0.244 e. The van der Waals surface area contributed by atoms with Gasteiger partial charge in [0.2, 0.25) is 15.9 Å². The van der Waals surface area contributed by atoms with E-state index in [1.165, 1.54) is 16.4 Å². The predicted molar refractivity (Wildman–Crippen MR) is 132 cm³/mol. The van der Waals surface area contributed by atoms with E-state index >= 15 is 0 Å². The lowest BCUT2D eigenvalue weighted by Crippen LogP contribution is -2.50. The molecule has 8 heteroatoms. The first-order chi connectivity index (χ1) is 16.3. The number of rotatable bonds is 7. The number of anilines is 2. The molecule has 1 N–H and O–H groups in total. The lowest BCUT2D eigenvalue weighted by atomic mass is 9.95. The third-order valence-electron chi connectivity index (χ3n) is 6.19. The molecule has 0 radical (unpaired) electrons. The van der Waals surface area contributed by atoms with Crippen molar-refractivity contribution in [1.29, 1.82) is 0 Å². The summed E-state index contributed by atoms with van der Waals surface area (Å²) in [6.45, 7) is 5.97. The van der Waals surface area contributed by atoms with Gasteiger partial charge in [0.05, 0.1) is 4.90 Å². The van der Waals surface area contributed by atoms with Crippen molar-refractivity contribution in [3.05, 3.63) is 89.7 Å². The third-order valence-corrected chi connectivity index (χ3v) is 8.06. The van der Waals surface area contributed by atoms with Gasteiger partial charge < -0.3 is 10.2 Å². The Kier molecular flexibility index (Phi) is 7.00. The zero-order valence-corrected chi connectivity index (χ0v) is 20.1. The van der Waals surface area contributed by atoms with Crippen LogP contribution >= 0.6 is 0 Å². The average molecular weight is 482 g/mol. The van der Waals surface area contributed by atoms with Crippen LogP contribution in [0.3, 0.4) is 0 Å². The Hall–Kier alpha value is -3.23. The zero-order valence-electron chi connectivity index (χ0n) is 19.2. The van der Waals surface area contributed by atoms with Crippen LogP contribution in [0.5, 0.6) is 0 Å². The third kappa shape index (κ3) is 4.83. The zero-order chi connectivity index (χ0) is 24.3. The molecule has 1 amide bonds. The minimum Gasteiger partial charge on any atom is -0.372 e. The van der Waals surface area contributed by atoms with Gasteiger partial charge in [0.25, 0.3) is 0 Å². The Morgan fingerprint density at radius 1 is 0.971 bits per heavy atom. The molecule has 1 aliphatic rings. The van der Waals surface area contributed by atoms with Crippen molar-refractivity contribution in [2.24, 2.45) is 0 Å². The number of halogens is 1. The van der Waals surface area contributed by atoms with Crippen LogP contribution in [0.1, 0.15) is 25.0 Å². The first kappa shape index (κ1) is 23.9. The molecular weight excluding hydrogens is 453 g/mol. The highest BCUT2D eigenvalue weighted by Crippen LogP contribution is 2.30. The maximum absolute atomic E-state index is 13.5. The molecule has 1 heterocycles. The van der Waals surface area contributed by atoms with Gasteiger partial charge in [-0.3, -0.25) is 4.79 Å². The van der Waals surface area contributed by atoms with Crippen LogP contribution in [-0.4, -0.2) is 37.8 Å². The largest absolute Gasteiger partial charge is 0.372 e. The molecule has 0 bridgehead atoms. The van der Waals surface area contributed by atoms with Gasteiger partial charge in [0.15, 0.2) is 0 Å². The molecule has 0 saturated heterocycles. The van der Waals surface area contributed by atoms with Crippen molar-refractivity contribution in [3.63, 3.8) is 0 Å². The second kappa shape index (κ2) is 9.95. The molecular formula is C26H28FN3O3S. The van der Waals surface area contributed by atoms with Crippen molar-refractivity contribution in [3.8, 4) is 0 Å². The van der Waals surface area contributed by atoms with Gasteiger partial charge in [0.1, 0.15) is 11.9 Å². The van der Waals surface area contributed by atoms with Gasteiger partial charge in [-0.05, 0) is 79.9 Å². The molecule has 178 valence electrons. The van der Waals surface area contributed by atoms with E-state index in [0.29, 0.717) is 5.69 Å². The quantitative estimate of drug-likeness (QED) is 0.542. The van der Waals surface area contributed by atoms with Crippen molar-refractivity contribution in [2.45, 2.75) is 37.8 Å². The lowest BCUT2D eigenvalue weighted by molar-refractivity contribution is -0.120. The van der Waals surface area contributed by atoms with E-state index in [-0.39, 0.29) is 17.9 Å². The Balaban J connectivity index is 1.63. The maximum atomic E-state index is 13.5. The Bertz CT molecular complexity index is 1260. The number of amides is 1. The number of carbonyl (C=O) groups excluding carboxylic acids is 1. The number of fused-ring (bicyclic) bond motifs is 1. The van der Waals surface area contributed by atoms with Crippen LogP contribution < -0.4 is 10.2 Å². The molecule has 0 aliphatic carbocycles. The van der Waals surface area contributed by atoms with Crippen molar-refractivity contribution in [2.75, 3.05) is 23.3 Å². The van der Waals surface area contributed by atoms with E-state index in [9.17, 15) is 17.6 Å². The fourth-order valence-electron chi connectivity index (χ4n) is 4.29. The fourth-order valence-corrected chi connectivity index (χ4v) is 5.85. The van der Waals surface area contributed by atoms with E-state index in [4.69, 9.17) is 0 Å². The van der Waals surface area contributed by atoms with Crippen LogP contribution in [-0.2, 0) is 27.8 Å². The minimum absolute atomic E-state index is 0.0466. The summed E-state index contributed by atoms with van der Waals surface area (Å²) in [5.41, 5.74) is 3.43. The van der Waals surface area contributed by atoms with Gasteiger partial charge in [-0.15, -0.1) is 0 Å². The number of benzene rings is 3. The minimum atomic E-state index is -4.03. The monoisotopic (exact) mass is 481 g/mol. The number of nitrogens with zero attached hydrogens (tertiary/aromatic N) is 2. The van der Waals surface area contributed by atoms with Gasteiger partial charge in [-0.2, -0.15) is 4.31 Å². The average Bonchev–Trinajstić information content (AvgIpc) is 2.85. The number of carbonyl (C=O) groups is 1. The Labute approximate surface area is 200 Å². The van der Waals surface area contributed by atoms with Crippen LogP contribution in [0, 0.1) is 5.82 Å². The van der Waals surface area contributed by atoms with Gasteiger partial charge in [0, 0.05) is 31.0 Å². The summed E-state index contributed by atoms with van der Waals surface area (Å²) >= 11 is 0. The molecule has 3 aromatic rings. The lowest BCUT2D eigenvalue weighted by Gasteiger charge is -2.35. The van der Waals surface area contributed by atoms with E-state index in [1.807, 2.05) is 48.5 Å². The molecule has 3 aromatic carbocycles. The first-order valence-corrected chi connectivity index (χ1v) is 12.8. The second-order valence-electron chi connectivity index (χ2n) is 8.20. The van der Waals surface area contributed by atoms with Crippen LogP contribution in [0.25, 0.3) is 0 Å². The molecule has 0 fully saturated rings. The molecule has 0 unspecified atom stereocenters. The van der Waals surface area contributed by atoms with Gasteiger partial charge in [-0.25, -0.2) is 12.8 Å². The Morgan fingerprint density at radius 3 is 2.21 bits per heavy atom. The highest BCUT2D eigenvalue weighted by Gasteiger charge is 2.39. The van der Waals surface area contributed by atoms with E-state index in [1.54, 1.807) is 0 Å². The summed E-state index contributed by atoms with van der Waals surface area (Å²) in [7, 11) is -4.03. The molecule has 0 saturated carbocycles. The predicted octanol–water partition coefficient (Wildman–Crippen LogP) is 4.43. The summed E-state index contributed by atoms with van der Waals surface area (Å²) < 4.78 is 41.6. The molecule has 6 nitrogen and oxygen atoms in total. The van der Waals surface area contributed by atoms with E-state index < -0.39 is 27.8 Å². The molecule has 0 spiro atoms. The maximum Gasteiger partial charge on any atom is 0.244 e. The van der Waals surface area contributed by atoms with Crippen LogP contribution in [0.4, 0.5) is 15.8 Å². The standard InChI is InChI=1S/C26H28FN3O3S/c1-3-29(4-2)23-13-11-22(12-14-23)28-26(31)25-17-19-7-5-6-8-20(19)18-30(25)34(32,33)24-15-9-21(27)10-16-24/h5-16,25H,3-4,17-18H2,1-2H3,(H,28,31)/t25-/m1/s1. The number of hydrogen-bond acceptors (Lipinski definition) is 4. The summed E-state index contributed by atoms with van der Waals surface area (Å²) in [6, 6.07) is 18.8. The topological polar surface area (TPSA) is 69.7 Å². The summed E-state index contributed by atoms with van der Waals surface area (Å²) in [5, 5.41) is 2.88. The summed E-state index contributed by atoms with van der Waals surface area (Å²) in [4.78, 5) is 15.5. The van der Waals surface area contributed by atoms with Gasteiger partial charge in [-0.1, -0.05) is 24.3 Å². The highest BCUT2D eigenvalue weighted by molar-refractivity contribution is 7.89. The summed E-state index contributed by atoms with van der Waals surface area (Å²) in [5.74, 6) is -0.929. The SMILES string of the molecule is CCN(CC)c1ccc(NC(=O)[C@H]2Cc3ccccc3CN2S(=O)(=O)c2ccc(F)cc2)cc1. The van der Waals surface area contributed by atoms with Crippen molar-refractivity contribution < 1.29 is 17.6 Å². The van der Waals surface area contributed by atoms with Gasteiger partial charge >= 0.3 is 0 Å². The summed E-state index contributed by atoms with van der Waals surface area (Å²) in [6.07, 6.45) is 0.250. The molecule has 1 aliphatic heterocycles. The van der Waals surface area contributed by atoms with E-state index in [2.05, 4.69) is 24.1 Å². The number of nitrogens with one attached hydrogen (secondary N) is 1. The molecule has 1 atom stereocenters. The second-order valence-corrected chi connectivity index (χ2v) is 10.1. The number of sulfonamides is 1. The molecule has 34 heavy (non-hydrogen) atoms. The molecule has 0 aromatic heterocycles. The fraction of sp³-hybridized carbons (Fsp3) is 0.269. The Morgan fingerprint density at radius 2 is 1.59 bits per heavy atom. The van der Waals surface area contributed by atoms with Crippen molar-refractivity contribution >= 4 is 27.3 Å².